The number of likely N-dealkylation sites (N-methyl/N-ethyl adjacent to an activating group) is 1. The Balaban J connectivity index is 1.67. The Morgan fingerprint density at radius 1 is 1.25 bits per heavy atom. The van der Waals surface area contributed by atoms with E-state index >= 15 is 0 Å². The zero-order valence-electron chi connectivity index (χ0n) is 14.9. The Bertz CT molecular complexity index is 640. The Morgan fingerprint density at radius 2 is 2.04 bits per heavy atom. The van der Waals surface area contributed by atoms with E-state index in [0.29, 0.717) is 13.2 Å². The molecule has 1 aliphatic heterocycles. The van der Waals surface area contributed by atoms with E-state index < -0.39 is 0 Å². The number of nitrogens with zero attached hydrogens (tertiary/aromatic N) is 5. The van der Waals surface area contributed by atoms with Crippen LogP contribution in [-0.4, -0.2) is 65.1 Å². The first kappa shape index (κ1) is 17.1. The SMILES string of the molecule is CN(C)CCN1CCc2c(nnn2C)C1COCc1ccccc1. The Kier molecular flexibility index (Phi) is 5.60. The molecule has 1 unspecified atom stereocenters. The number of rotatable bonds is 7. The fraction of sp³-hybridized carbons (Fsp3) is 0.556. The molecular weight excluding hydrogens is 302 g/mol. The van der Waals surface area contributed by atoms with Gasteiger partial charge in [0.1, 0.15) is 5.69 Å². The third-order valence-corrected chi connectivity index (χ3v) is 4.59. The zero-order chi connectivity index (χ0) is 16.9. The number of ether oxygens (including phenoxy) is 1. The lowest BCUT2D eigenvalue weighted by atomic mass is 10.0. The molecule has 130 valence electrons. The summed E-state index contributed by atoms with van der Waals surface area (Å²) in [4.78, 5) is 4.69. The van der Waals surface area contributed by atoms with Crippen LogP contribution in [0.3, 0.4) is 0 Å². The highest BCUT2D eigenvalue weighted by molar-refractivity contribution is 5.19. The molecule has 1 aromatic heterocycles. The lowest BCUT2D eigenvalue weighted by Gasteiger charge is -2.35. The van der Waals surface area contributed by atoms with Crippen LogP contribution in [0.5, 0.6) is 0 Å². The van der Waals surface area contributed by atoms with Gasteiger partial charge in [-0.05, 0) is 19.7 Å². The average Bonchev–Trinajstić information content (AvgIpc) is 2.96. The van der Waals surface area contributed by atoms with Gasteiger partial charge in [0, 0.05) is 33.1 Å². The van der Waals surface area contributed by atoms with Crippen LogP contribution in [0.25, 0.3) is 0 Å². The van der Waals surface area contributed by atoms with Gasteiger partial charge in [-0.15, -0.1) is 5.10 Å². The van der Waals surface area contributed by atoms with Crippen molar-refractivity contribution in [2.75, 3.05) is 40.3 Å². The number of aryl methyl sites for hydroxylation is 1. The Hall–Kier alpha value is -1.76. The highest BCUT2D eigenvalue weighted by Gasteiger charge is 2.31. The largest absolute Gasteiger partial charge is 0.375 e. The van der Waals surface area contributed by atoms with E-state index in [0.717, 1.165) is 31.7 Å². The van der Waals surface area contributed by atoms with Crippen molar-refractivity contribution in [2.45, 2.75) is 19.1 Å². The van der Waals surface area contributed by atoms with Crippen molar-refractivity contribution < 1.29 is 4.74 Å². The van der Waals surface area contributed by atoms with Crippen LogP contribution >= 0.6 is 0 Å². The van der Waals surface area contributed by atoms with E-state index in [1.807, 2.05) is 29.9 Å². The summed E-state index contributed by atoms with van der Waals surface area (Å²) in [6.07, 6.45) is 1.00. The summed E-state index contributed by atoms with van der Waals surface area (Å²) < 4.78 is 7.94. The molecule has 0 spiro atoms. The van der Waals surface area contributed by atoms with Gasteiger partial charge >= 0.3 is 0 Å². The summed E-state index contributed by atoms with van der Waals surface area (Å²) in [5, 5.41) is 8.64. The predicted molar refractivity (Wildman–Crippen MR) is 93.7 cm³/mol. The minimum absolute atomic E-state index is 0.186. The van der Waals surface area contributed by atoms with Crippen molar-refractivity contribution in [3.63, 3.8) is 0 Å². The van der Waals surface area contributed by atoms with E-state index in [2.05, 4.69) is 46.3 Å². The van der Waals surface area contributed by atoms with Gasteiger partial charge in [-0.1, -0.05) is 35.5 Å². The number of hydrogen-bond acceptors (Lipinski definition) is 5. The van der Waals surface area contributed by atoms with Gasteiger partial charge in [0.25, 0.3) is 0 Å². The summed E-state index contributed by atoms with van der Waals surface area (Å²) in [5.74, 6) is 0. The maximum atomic E-state index is 6.03. The third-order valence-electron chi connectivity index (χ3n) is 4.59. The first-order valence-corrected chi connectivity index (χ1v) is 8.54. The van der Waals surface area contributed by atoms with Crippen LogP contribution < -0.4 is 0 Å². The highest BCUT2D eigenvalue weighted by Crippen LogP contribution is 2.28. The maximum Gasteiger partial charge on any atom is 0.105 e. The van der Waals surface area contributed by atoms with Crippen molar-refractivity contribution in [2.24, 2.45) is 7.05 Å². The molecule has 24 heavy (non-hydrogen) atoms. The molecule has 0 amide bonds. The summed E-state index contributed by atoms with van der Waals surface area (Å²) in [7, 11) is 6.19. The topological polar surface area (TPSA) is 46.4 Å². The van der Waals surface area contributed by atoms with E-state index in [1.165, 1.54) is 11.3 Å². The molecule has 3 rings (SSSR count). The molecule has 0 fully saturated rings. The van der Waals surface area contributed by atoms with Crippen molar-refractivity contribution in [3.8, 4) is 0 Å². The lowest BCUT2D eigenvalue weighted by molar-refractivity contribution is 0.0400. The van der Waals surface area contributed by atoms with Gasteiger partial charge in [0.05, 0.1) is 24.9 Å². The number of aromatic nitrogens is 3. The zero-order valence-corrected chi connectivity index (χ0v) is 14.9. The van der Waals surface area contributed by atoms with Crippen LogP contribution in [0.15, 0.2) is 30.3 Å². The molecule has 0 saturated heterocycles. The molecule has 6 heteroatoms. The molecule has 0 aliphatic carbocycles. The van der Waals surface area contributed by atoms with Crippen LogP contribution in [0.4, 0.5) is 0 Å². The van der Waals surface area contributed by atoms with Crippen molar-refractivity contribution in [1.29, 1.82) is 0 Å². The van der Waals surface area contributed by atoms with Crippen molar-refractivity contribution in [1.82, 2.24) is 24.8 Å². The second-order valence-corrected chi connectivity index (χ2v) is 6.65. The second-order valence-electron chi connectivity index (χ2n) is 6.65. The molecule has 1 aromatic carbocycles. The lowest BCUT2D eigenvalue weighted by Crippen LogP contribution is -2.41. The molecule has 0 radical (unpaired) electrons. The minimum atomic E-state index is 0.186. The van der Waals surface area contributed by atoms with Gasteiger partial charge in [-0.2, -0.15) is 0 Å². The number of benzene rings is 1. The number of hydrogen-bond donors (Lipinski definition) is 0. The average molecular weight is 329 g/mol. The molecule has 2 heterocycles. The quantitative estimate of drug-likeness (QED) is 0.770. The van der Waals surface area contributed by atoms with Crippen molar-refractivity contribution in [3.05, 3.63) is 47.3 Å². The van der Waals surface area contributed by atoms with Crippen LogP contribution in [-0.2, 0) is 24.8 Å². The molecule has 1 atom stereocenters. The molecule has 0 saturated carbocycles. The van der Waals surface area contributed by atoms with Gasteiger partial charge in [-0.3, -0.25) is 9.58 Å². The molecule has 1 aliphatic rings. The van der Waals surface area contributed by atoms with E-state index in [-0.39, 0.29) is 6.04 Å². The monoisotopic (exact) mass is 329 g/mol. The minimum Gasteiger partial charge on any atom is -0.375 e. The molecule has 2 aromatic rings. The predicted octanol–water partition coefficient (Wildman–Crippen LogP) is 1.49. The summed E-state index contributed by atoms with van der Waals surface area (Å²) >= 11 is 0. The van der Waals surface area contributed by atoms with Crippen LogP contribution in [0.2, 0.25) is 0 Å². The van der Waals surface area contributed by atoms with Gasteiger partial charge < -0.3 is 9.64 Å². The summed E-state index contributed by atoms with van der Waals surface area (Å²) in [5.41, 5.74) is 3.52. The molecule has 0 N–H and O–H groups in total. The molecule has 0 bridgehead atoms. The second kappa shape index (κ2) is 7.88. The fourth-order valence-electron chi connectivity index (χ4n) is 3.16. The third kappa shape index (κ3) is 4.01. The van der Waals surface area contributed by atoms with E-state index in [9.17, 15) is 0 Å². The van der Waals surface area contributed by atoms with E-state index in [1.54, 1.807) is 0 Å². The summed E-state index contributed by atoms with van der Waals surface area (Å²) in [6.45, 7) is 4.36. The highest BCUT2D eigenvalue weighted by atomic mass is 16.5. The Morgan fingerprint density at radius 3 is 2.79 bits per heavy atom. The van der Waals surface area contributed by atoms with Gasteiger partial charge in [0.15, 0.2) is 0 Å². The molecule has 6 nitrogen and oxygen atoms in total. The fourth-order valence-corrected chi connectivity index (χ4v) is 3.16. The first-order valence-electron chi connectivity index (χ1n) is 8.54. The van der Waals surface area contributed by atoms with E-state index in [4.69, 9.17) is 4.74 Å². The Labute approximate surface area is 144 Å². The standard InChI is InChI=1S/C18H27N5O/c1-21(2)11-12-23-10-9-16-18(19-20-22(16)3)17(23)14-24-13-15-7-5-4-6-8-15/h4-8,17H,9-14H2,1-3H3. The van der Waals surface area contributed by atoms with Gasteiger partial charge in [0.2, 0.25) is 0 Å². The smallest absolute Gasteiger partial charge is 0.105 e. The first-order chi connectivity index (χ1) is 11.6. The number of fused-ring (bicyclic) bond motifs is 1. The normalized spacial score (nSPS) is 18.1. The van der Waals surface area contributed by atoms with Crippen LogP contribution in [0, 0.1) is 0 Å². The maximum absolute atomic E-state index is 6.03. The summed E-state index contributed by atoms with van der Waals surface area (Å²) in [6, 6.07) is 10.5. The molecular formula is C18H27N5O. The van der Waals surface area contributed by atoms with Crippen molar-refractivity contribution >= 4 is 0 Å². The van der Waals surface area contributed by atoms with Crippen LogP contribution in [0.1, 0.15) is 23.0 Å². The van der Waals surface area contributed by atoms with Gasteiger partial charge in [-0.25, -0.2) is 0 Å².